The molecular weight excluding hydrogens is 266 g/mol. The molecule has 0 fully saturated rings. The van der Waals surface area contributed by atoms with Crippen molar-refractivity contribution >= 4 is 5.69 Å². The summed E-state index contributed by atoms with van der Waals surface area (Å²) in [4.78, 5) is 2.39. The van der Waals surface area contributed by atoms with E-state index in [0.717, 1.165) is 18.7 Å². The summed E-state index contributed by atoms with van der Waals surface area (Å²) in [5, 5.41) is 0. The van der Waals surface area contributed by atoms with Crippen LogP contribution in [0.4, 0.5) is 5.69 Å². The van der Waals surface area contributed by atoms with Crippen molar-refractivity contribution in [1.82, 2.24) is 0 Å². The van der Waals surface area contributed by atoms with Crippen LogP contribution >= 0.6 is 0 Å². The van der Waals surface area contributed by atoms with Gasteiger partial charge in [-0.3, -0.25) is 0 Å². The Morgan fingerprint density at radius 1 is 0.591 bits per heavy atom. The quantitative estimate of drug-likeness (QED) is 0.632. The molecule has 0 bridgehead atoms. The number of hydrogen-bond acceptors (Lipinski definition) is 1. The van der Waals surface area contributed by atoms with E-state index >= 15 is 0 Å². The van der Waals surface area contributed by atoms with Gasteiger partial charge in [0.2, 0.25) is 0 Å². The zero-order chi connectivity index (χ0) is 15.2. The second-order valence-electron chi connectivity index (χ2n) is 5.49. The molecule has 0 N–H and O–H groups in total. The van der Waals surface area contributed by atoms with Gasteiger partial charge in [-0.05, 0) is 35.7 Å². The number of rotatable bonds is 5. The SMILES string of the molecule is [CH2]c1ccc(N(Cc2ccccc2)Cc2ccccc2)cc1. The molecule has 0 heterocycles. The Balaban J connectivity index is 1.86. The van der Waals surface area contributed by atoms with E-state index in [0.29, 0.717) is 0 Å². The zero-order valence-corrected chi connectivity index (χ0v) is 12.7. The lowest BCUT2D eigenvalue weighted by atomic mass is 10.1. The summed E-state index contributed by atoms with van der Waals surface area (Å²) in [7, 11) is 0. The van der Waals surface area contributed by atoms with Crippen molar-refractivity contribution in [2.24, 2.45) is 0 Å². The van der Waals surface area contributed by atoms with Crippen LogP contribution in [0.3, 0.4) is 0 Å². The molecule has 0 saturated heterocycles. The second-order valence-corrected chi connectivity index (χ2v) is 5.49. The fourth-order valence-corrected chi connectivity index (χ4v) is 2.55. The fraction of sp³-hybridized carbons (Fsp3) is 0.0952. The maximum atomic E-state index is 3.97. The topological polar surface area (TPSA) is 3.24 Å². The van der Waals surface area contributed by atoms with Crippen molar-refractivity contribution in [3.8, 4) is 0 Å². The Morgan fingerprint density at radius 2 is 1.05 bits per heavy atom. The summed E-state index contributed by atoms with van der Waals surface area (Å²) in [6.07, 6.45) is 0. The van der Waals surface area contributed by atoms with Gasteiger partial charge in [-0.15, -0.1) is 0 Å². The molecule has 3 rings (SSSR count). The van der Waals surface area contributed by atoms with E-state index in [1.807, 2.05) is 0 Å². The minimum absolute atomic E-state index is 0.895. The number of anilines is 1. The molecule has 3 aromatic carbocycles. The van der Waals surface area contributed by atoms with Gasteiger partial charge in [0.05, 0.1) is 0 Å². The summed E-state index contributed by atoms with van der Waals surface area (Å²) >= 11 is 0. The Labute approximate surface area is 132 Å². The van der Waals surface area contributed by atoms with Gasteiger partial charge in [0.15, 0.2) is 0 Å². The maximum absolute atomic E-state index is 3.97. The first-order valence-electron chi connectivity index (χ1n) is 7.56. The Kier molecular flexibility index (Phi) is 4.55. The Bertz CT molecular complexity index is 645. The van der Waals surface area contributed by atoms with E-state index in [-0.39, 0.29) is 0 Å². The van der Waals surface area contributed by atoms with Crippen molar-refractivity contribution < 1.29 is 0 Å². The van der Waals surface area contributed by atoms with Crippen LogP contribution in [0.1, 0.15) is 16.7 Å². The third-order valence-electron chi connectivity index (χ3n) is 3.73. The van der Waals surface area contributed by atoms with E-state index in [4.69, 9.17) is 0 Å². The Morgan fingerprint density at radius 3 is 1.50 bits per heavy atom. The molecule has 0 spiro atoms. The normalized spacial score (nSPS) is 10.4. The van der Waals surface area contributed by atoms with Gasteiger partial charge in [0.25, 0.3) is 0 Å². The third-order valence-corrected chi connectivity index (χ3v) is 3.73. The smallest absolute Gasteiger partial charge is 0.0433 e. The summed E-state index contributed by atoms with van der Waals surface area (Å²) in [6.45, 7) is 5.76. The molecule has 0 unspecified atom stereocenters. The number of benzene rings is 3. The first-order chi connectivity index (χ1) is 10.8. The van der Waals surface area contributed by atoms with Crippen LogP contribution in [0.25, 0.3) is 0 Å². The molecule has 0 aliphatic rings. The Hall–Kier alpha value is -2.54. The molecule has 0 aliphatic heterocycles. The molecule has 1 radical (unpaired) electrons. The molecule has 22 heavy (non-hydrogen) atoms. The van der Waals surface area contributed by atoms with Gasteiger partial charge in [-0.1, -0.05) is 72.8 Å². The van der Waals surface area contributed by atoms with Crippen molar-refractivity contribution in [3.63, 3.8) is 0 Å². The van der Waals surface area contributed by atoms with Crippen LogP contribution in [-0.2, 0) is 13.1 Å². The van der Waals surface area contributed by atoms with Gasteiger partial charge in [0.1, 0.15) is 0 Å². The maximum Gasteiger partial charge on any atom is 0.0433 e. The highest BCUT2D eigenvalue weighted by atomic mass is 15.1. The van der Waals surface area contributed by atoms with E-state index < -0.39 is 0 Å². The molecule has 0 atom stereocenters. The standard InChI is InChI=1S/C21H20N/c1-18-12-14-21(15-13-18)22(16-19-8-4-2-5-9-19)17-20-10-6-3-7-11-20/h2-15H,1,16-17H2. The summed E-state index contributed by atoms with van der Waals surface area (Å²) in [5.41, 5.74) is 4.90. The molecule has 0 aliphatic carbocycles. The predicted octanol–water partition coefficient (Wildman–Crippen LogP) is 5.08. The van der Waals surface area contributed by atoms with Crippen LogP contribution in [0.5, 0.6) is 0 Å². The molecule has 1 heteroatoms. The van der Waals surface area contributed by atoms with Crippen molar-refractivity contribution in [2.75, 3.05) is 4.90 Å². The molecule has 109 valence electrons. The van der Waals surface area contributed by atoms with E-state index in [2.05, 4.69) is 96.8 Å². The average molecular weight is 286 g/mol. The van der Waals surface area contributed by atoms with Gasteiger partial charge in [-0.2, -0.15) is 0 Å². The van der Waals surface area contributed by atoms with E-state index in [1.165, 1.54) is 16.8 Å². The van der Waals surface area contributed by atoms with Crippen molar-refractivity contribution in [1.29, 1.82) is 0 Å². The second kappa shape index (κ2) is 6.95. The molecule has 0 aromatic heterocycles. The predicted molar refractivity (Wildman–Crippen MR) is 93.7 cm³/mol. The average Bonchev–Trinajstić information content (AvgIpc) is 2.57. The molecule has 0 amide bonds. The number of nitrogens with zero attached hydrogens (tertiary/aromatic N) is 1. The molecular formula is C21H20N. The fourth-order valence-electron chi connectivity index (χ4n) is 2.55. The van der Waals surface area contributed by atoms with Crippen LogP contribution in [0.15, 0.2) is 84.9 Å². The third kappa shape index (κ3) is 3.76. The minimum atomic E-state index is 0.895. The van der Waals surface area contributed by atoms with E-state index in [1.54, 1.807) is 0 Å². The van der Waals surface area contributed by atoms with Crippen molar-refractivity contribution in [3.05, 3.63) is 109 Å². The van der Waals surface area contributed by atoms with Crippen LogP contribution in [-0.4, -0.2) is 0 Å². The summed E-state index contributed by atoms with van der Waals surface area (Å²) < 4.78 is 0. The van der Waals surface area contributed by atoms with Gasteiger partial charge < -0.3 is 4.90 Å². The largest absolute Gasteiger partial charge is 0.363 e. The first kappa shape index (κ1) is 14.4. The monoisotopic (exact) mass is 286 g/mol. The number of hydrogen-bond donors (Lipinski definition) is 0. The van der Waals surface area contributed by atoms with Crippen LogP contribution in [0, 0.1) is 6.92 Å². The lowest BCUT2D eigenvalue weighted by Crippen LogP contribution is -2.22. The highest BCUT2D eigenvalue weighted by Crippen LogP contribution is 2.20. The van der Waals surface area contributed by atoms with Gasteiger partial charge in [0, 0.05) is 18.8 Å². The molecule has 3 aromatic rings. The lowest BCUT2D eigenvalue weighted by Gasteiger charge is -2.25. The summed E-state index contributed by atoms with van der Waals surface area (Å²) in [6, 6.07) is 29.6. The van der Waals surface area contributed by atoms with Crippen molar-refractivity contribution in [2.45, 2.75) is 13.1 Å². The van der Waals surface area contributed by atoms with Gasteiger partial charge in [-0.25, -0.2) is 0 Å². The molecule has 0 saturated carbocycles. The summed E-state index contributed by atoms with van der Waals surface area (Å²) in [5.74, 6) is 0. The van der Waals surface area contributed by atoms with Crippen LogP contribution in [0.2, 0.25) is 0 Å². The van der Waals surface area contributed by atoms with Crippen LogP contribution < -0.4 is 4.90 Å². The highest BCUT2D eigenvalue weighted by Gasteiger charge is 2.08. The minimum Gasteiger partial charge on any atom is -0.363 e. The highest BCUT2D eigenvalue weighted by molar-refractivity contribution is 5.49. The molecule has 1 nitrogen and oxygen atoms in total. The lowest BCUT2D eigenvalue weighted by molar-refractivity contribution is 0.800. The zero-order valence-electron chi connectivity index (χ0n) is 12.7. The first-order valence-corrected chi connectivity index (χ1v) is 7.56. The van der Waals surface area contributed by atoms with E-state index in [9.17, 15) is 0 Å². The van der Waals surface area contributed by atoms with Gasteiger partial charge >= 0.3 is 0 Å².